The van der Waals surface area contributed by atoms with Crippen LogP contribution in [0.2, 0.25) is 0 Å². The molecule has 1 aliphatic rings. The van der Waals surface area contributed by atoms with Crippen LogP contribution in [0, 0.1) is 5.92 Å². The maximum absolute atomic E-state index is 11.9. The standard InChI is InChI=1S/C22H34N2O3/c1-21(2,3)20-24-18-11-7-10-17(19(18)27-20)22(25,12-5-6-14-26-4)16-9-8-13-23-15-16/h7,10-11,16,23,25H,5-6,8-9,12-15H2,1-4H3/t16?,22-/m0/s1. The molecule has 5 heteroatoms. The van der Waals surface area contributed by atoms with Crippen molar-refractivity contribution >= 4 is 11.1 Å². The first-order chi connectivity index (χ1) is 12.9. The third-order valence-electron chi connectivity index (χ3n) is 5.65. The number of nitrogens with one attached hydrogen (secondary N) is 1. The van der Waals surface area contributed by atoms with Gasteiger partial charge in [-0.3, -0.25) is 0 Å². The van der Waals surface area contributed by atoms with Crippen molar-refractivity contribution in [1.29, 1.82) is 0 Å². The second-order valence-electron chi connectivity index (χ2n) is 8.84. The van der Waals surface area contributed by atoms with E-state index in [1.165, 1.54) is 0 Å². The maximum Gasteiger partial charge on any atom is 0.200 e. The maximum atomic E-state index is 11.9. The van der Waals surface area contributed by atoms with Crippen LogP contribution in [0.5, 0.6) is 0 Å². The number of benzene rings is 1. The number of oxazole rings is 1. The van der Waals surface area contributed by atoms with Gasteiger partial charge in [-0.15, -0.1) is 0 Å². The van der Waals surface area contributed by atoms with Crippen LogP contribution in [0.25, 0.3) is 11.1 Å². The Morgan fingerprint density at radius 2 is 2.11 bits per heavy atom. The summed E-state index contributed by atoms with van der Waals surface area (Å²) < 4.78 is 11.4. The van der Waals surface area contributed by atoms with Crippen LogP contribution in [-0.2, 0) is 15.8 Å². The highest BCUT2D eigenvalue weighted by atomic mass is 16.5. The summed E-state index contributed by atoms with van der Waals surface area (Å²) in [6.07, 6.45) is 4.67. The van der Waals surface area contributed by atoms with Crippen LogP contribution < -0.4 is 5.32 Å². The topological polar surface area (TPSA) is 67.5 Å². The highest BCUT2D eigenvalue weighted by Crippen LogP contribution is 2.42. The van der Waals surface area contributed by atoms with E-state index in [2.05, 4.69) is 26.1 Å². The van der Waals surface area contributed by atoms with Crippen molar-refractivity contribution in [3.8, 4) is 0 Å². The minimum atomic E-state index is -0.921. The average molecular weight is 375 g/mol. The predicted molar refractivity (Wildman–Crippen MR) is 108 cm³/mol. The molecule has 2 atom stereocenters. The van der Waals surface area contributed by atoms with Gasteiger partial charge in [-0.25, -0.2) is 4.98 Å². The third-order valence-corrected chi connectivity index (χ3v) is 5.65. The highest BCUT2D eigenvalue weighted by Gasteiger charge is 2.41. The lowest BCUT2D eigenvalue weighted by Gasteiger charge is -2.39. The zero-order valence-electron chi connectivity index (χ0n) is 17.2. The zero-order valence-corrected chi connectivity index (χ0v) is 17.2. The van der Waals surface area contributed by atoms with Gasteiger partial charge >= 0.3 is 0 Å². The minimum Gasteiger partial charge on any atom is -0.440 e. The number of hydrogen-bond acceptors (Lipinski definition) is 5. The van der Waals surface area contributed by atoms with Gasteiger partial charge in [0.05, 0.1) is 5.60 Å². The first-order valence-corrected chi connectivity index (χ1v) is 10.2. The van der Waals surface area contributed by atoms with Gasteiger partial charge in [0.25, 0.3) is 0 Å². The molecular weight excluding hydrogens is 340 g/mol. The smallest absolute Gasteiger partial charge is 0.200 e. The Bertz CT molecular complexity index is 744. The molecule has 1 aliphatic heterocycles. The van der Waals surface area contributed by atoms with Crippen molar-refractivity contribution in [2.24, 2.45) is 5.92 Å². The Hall–Kier alpha value is -1.43. The Morgan fingerprint density at radius 1 is 1.30 bits per heavy atom. The number of nitrogens with zero attached hydrogens (tertiary/aromatic N) is 1. The van der Waals surface area contributed by atoms with Crippen molar-refractivity contribution in [3.05, 3.63) is 29.7 Å². The summed E-state index contributed by atoms with van der Waals surface area (Å²) in [7, 11) is 1.72. The monoisotopic (exact) mass is 374 g/mol. The molecule has 3 rings (SSSR count). The number of hydrogen-bond donors (Lipinski definition) is 2. The zero-order chi connectivity index (χ0) is 19.5. The van der Waals surface area contributed by atoms with Crippen LogP contribution in [-0.4, -0.2) is 36.9 Å². The molecule has 1 unspecified atom stereocenters. The van der Waals surface area contributed by atoms with Gasteiger partial charge < -0.3 is 19.6 Å². The predicted octanol–water partition coefficient (Wildman–Crippen LogP) is 4.13. The number of methoxy groups -OCH3 is 1. The molecule has 0 radical (unpaired) electrons. The number of aromatic nitrogens is 1. The Labute approximate surface area is 162 Å². The van der Waals surface area contributed by atoms with E-state index in [0.29, 0.717) is 12.3 Å². The first kappa shape index (κ1) is 20.3. The number of fused-ring (bicyclic) bond motifs is 1. The van der Waals surface area contributed by atoms with Crippen molar-refractivity contribution < 1.29 is 14.3 Å². The SMILES string of the molecule is COCCCC[C@@](O)(c1cccc2nc(C(C)(C)C)oc12)C1CCCNC1. The van der Waals surface area contributed by atoms with Gasteiger partial charge in [0.15, 0.2) is 5.58 Å². The molecule has 1 fully saturated rings. The normalized spacial score (nSPS) is 20.7. The molecule has 27 heavy (non-hydrogen) atoms. The molecule has 150 valence electrons. The summed E-state index contributed by atoms with van der Waals surface area (Å²) in [5, 5.41) is 15.4. The van der Waals surface area contributed by atoms with E-state index in [4.69, 9.17) is 14.1 Å². The fourth-order valence-electron chi connectivity index (χ4n) is 4.07. The molecule has 5 nitrogen and oxygen atoms in total. The molecule has 2 heterocycles. The quantitative estimate of drug-likeness (QED) is 0.713. The Kier molecular flexibility index (Phi) is 6.24. The van der Waals surface area contributed by atoms with E-state index >= 15 is 0 Å². The molecule has 0 aliphatic carbocycles. The molecule has 1 aromatic heterocycles. The van der Waals surface area contributed by atoms with Gasteiger partial charge in [-0.1, -0.05) is 32.9 Å². The van der Waals surface area contributed by atoms with Crippen LogP contribution in [0.1, 0.15) is 64.3 Å². The summed E-state index contributed by atoms with van der Waals surface area (Å²) in [5.41, 5.74) is 1.36. The number of para-hydroxylation sites is 1. The molecule has 2 aromatic rings. The molecule has 1 aromatic carbocycles. The third kappa shape index (κ3) is 4.36. The molecule has 0 amide bonds. The van der Waals surface area contributed by atoms with Crippen molar-refractivity contribution in [3.63, 3.8) is 0 Å². The van der Waals surface area contributed by atoms with Crippen LogP contribution in [0.4, 0.5) is 0 Å². The molecule has 0 spiro atoms. The van der Waals surface area contributed by atoms with Crippen LogP contribution in [0.3, 0.4) is 0 Å². The highest BCUT2D eigenvalue weighted by molar-refractivity contribution is 5.77. The summed E-state index contributed by atoms with van der Waals surface area (Å²) in [5.74, 6) is 0.885. The average Bonchev–Trinajstić information content (AvgIpc) is 3.10. The molecule has 2 N–H and O–H groups in total. The number of ether oxygens (including phenoxy) is 1. The summed E-state index contributed by atoms with van der Waals surface area (Å²) in [6, 6.07) is 5.98. The molecular formula is C22H34N2O3. The van der Waals surface area contributed by atoms with E-state index in [1.807, 2.05) is 18.2 Å². The van der Waals surface area contributed by atoms with Gasteiger partial charge in [-0.2, -0.15) is 0 Å². The second-order valence-corrected chi connectivity index (χ2v) is 8.84. The molecule has 1 saturated heterocycles. The van der Waals surface area contributed by atoms with Gasteiger partial charge in [-0.05, 0) is 44.7 Å². The lowest BCUT2D eigenvalue weighted by molar-refractivity contribution is -0.0428. The number of aliphatic hydroxyl groups is 1. The second kappa shape index (κ2) is 8.29. The van der Waals surface area contributed by atoms with E-state index in [0.717, 1.165) is 62.0 Å². The van der Waals surface area contributed by atoms with E-state index < -0.39 is 5.60 Å². The van der Waals surface area contributed by atoms with Crippen molar-refractivity contribution in [2.45, 2.75) is 63.9 Å². The van der Waals surface area contributed by atoms with Crippen LogP contribution in [0.15, 0.2) is 22.6 Å². The number of unbranched alkanes of at least 4 members (excludes halogenated alkanes) is 1. The minimum absolute atomic E-state index is 0.167. The van der Waals surface area contributed by atoms with Crippen molar-refractivity contribution in [2.75, 3.05) is 26.8 Å². The summed E-state index contributed by atoms with van der Waals surface area (Å²) in [6.45, 7) is 8.87. The fourth-order valence-corrected chi connectivity index (χ4v) is 4.07. The number of piperidine rings is 1. The Balaban J connectivity index is 2.01. The largest absolute Gasteiger partial charge is 0.440 e. The molecule has 0 saturated carbocycles. The first-order valence-electron chi connectivity index (χ1n) is 10.2. The lowest BCUT2D eigenvalue weighted by Crippen LogP contribution is -2.44. The van der Waals surface area contributed by atoms with E-state index in [1.54, 1.807) is 7.11 Å². The van der Waals surface area contributed by atoms with Gasteiger partial charge in [0, 0.05) is 37.2 Å². The number of rotatable bonds is 7. The van der Waals surface area contributed by atoms with E-state index in [9.17, 15) is 5.11 Å². The summed E-state index contributed by atoms with van der Waals surface area (Å²) >= 11 is 0. The lowest BCUT2D eigenvalue weighted by atomic mass is 9.74. The van der Waals surface area contributed by atoms with E-state index in [-0.39, 0.29) is 11.3 Å². The van der Waals surface area contributed by atoms with Crippen molar-refractivity contribution in [1.82, 2.24) is 10.3 Å². The Morgan fingerprint density at radius 3 is 2.78 bits per heavy atom. The fraction of sp³-hybridized carbons (Fsp3) is 0.682. The van der Waals surface area contributed by atoms with Gasteiger partial charge in [0.2, 0.25) is 5.89 Å². The summed E-state index contributed by atoms with van der Waals surface area (Å²) in [4.78, 5) is 4.70. The van der Waals surface area contributed by atoms with Gasteiger partial charge in [0.1, 0.15) is 5.52 Å². The van der Waals surface area contributed by atoms with Crippen LogP contribution >= 0.6 is 0 Å². The molecule has 0 bridgehead atoms.